The summed E-state index contributed by atoms with van der Waals surface area (Å²) in [6.07, 6.45) is 6.91. The average molecular weight is 427 g/mol. The van der Waals surface area contributed by atoms with Crippen molar-refractivity contribution in [3.8, 4) is 0 Å². The largest absolute Gasteiger partial charge is 0.368 e. The lowest BCUT2D eigenvalue weighted by Crippen LogP contribution is -2.56. The van der Waals surface area contributed by atoms with Gasteiger partial charge in [-0.1, -0.05) is 0 Å². The van der Waals surface area contributed by atoms with Crippen LogP contribution in [0, 0.1) is 33.3 Å². The van der Waals surface area contributed by atoms with Gasteiger partial charge >= 0.3 is 0 Å². The first-order valence-corrected chi connectivity index (χ1v) is 11.5. The van der Waals surface area contributed by atoms with Crippen LogP contribution >= 0.6 is 0 Å². The van der Waals surface area contributed by atoms with Crippen molar-refractivity contribution in [1.29, 1.82) is 0 Å². The van der Waals surface area contributed by atoms with Gasteiger partial charge < -0.3 is 15.1 Å². The SMILES string of the molecule is O=C(CNC(=O)C12CC3CC(CC(C3)C1)C2)N1CCN(c2ccc([N+](=O)[O-])cc2)CC1. The van der Waals surface area contributed by atoms with Gasteiger partial charge in [-0.2, -0.15) is 0 Å². The summed E-state index contributed by atoms with van der Waals surface area (Å²) in [6.45, 7) is 2.60. The third-order valence-corrected chi connectivity index (χ3v) is 7.98. The lowest BCUT2D eigenvalue weighted by atomic mass is 9.49. The number of benzene rings is 1. The molecule has 0 radical (unpaired) electrons. The van der Waals surface area contributed by atoms with Gasteiger partial charge in [0.25, 0.3) is 5.69 Å². The summed E-state index contributed by atoms with van der Waals surface area (Å²) >= 11 is 0. The summed E-state index contributed by atoms with van der Waals surface area (Å²) in [5.41, 5.74) is 0.782. The second-order valence-electron chi connectivity index (χ2n) is 10.0. The lowest BCUT2D eigenvalue weighted by molar-refractivity contribution is -0.384. The molecule has 4 aliphatic carbocycles. The van der Waals surface area contributed by atoms with E-state index in [0.717, 1.165) is 24.9 Å². The molecule has 1 aliphatic heterocycles. The predicted molar refractivity (Wildman–Crippen MR) is 116 cm³/mol. The Labute approximate surface area is 182 Å². The summed E-state index contributed by atoms with van der Waals surface area (Å²) < 4.78 is 0. The van der Waals surface area contributed by atoms with Crippen LogP contribution in [-0.2, 0) is 9.59 Å². The molecule has 0 atom stereocenters. The molecule has 8 heteroatoms. The Morgan fingerprint density at radius 3 is 2.03 bits per heavy atom. The van der Waals surface area contributed by atoms with Gasteiger partial charge in [-0.15, -0.1) is 0 Å². The second kappa shape index (κ2) is 7.80. The van der Waals surface area contributed by atoms with Crippen LogP contribution in [0.1, 0.15) is 38.5 Å². The highest BCUT2D eigenvalue weighted by molar-refractivity contribution is 5.88. The molecule has 31 heavy (non-hydrogen) atoms. The van der Waals surface area contributed by atoms with Crippen LogP contribution in [0.15, 0.2) is 24.3 Å². The van der Waals surface area contributed by atoms with Crippen LogP contribution in [0.4, 0.5) is 11.4 Å². The summed E-state index contributed by atoms with van der Waals surface area (Å²) in [7, 11) is 0. The third-order valence-electron chi connectivity index (χ3n) is 7.98. The van der Waals surface area contributed by atoms with E-state index in [9.17, 15) is 19.7 Å². The standard InChI is InChI=1S/C23H30N4O4/c28-21(15-24-22(29)23-12-16-9-17(13-23)11-18(10-16)14-23)26-7-5-25(6-8-26)19-1-3-20(4-2-19)27(30)31/h1-4,16-18H,5-15H2,(H,24,29). The Balaban J connectivity index is 1.11. The first-order chi connectivity index (χ1) is 14.9. The van der Waals surface area contributed by atoms with Gasteiger partial charge in [0, 0.05) is 49.4 Å². The minimum atomic E-state index is -0.405. The highest BCUT2D eigenvalue weighted by atomic mass is 16.6. The molecule has 1 aromatic rings. The number of carbonyl (C=O) groups is 2. The van der Waals surface area contributed by atoms with Crippen molar-refractivity contribution in [2.45, 2.75) is 38.5 Å². The third kappa shape index (κ3) is 3.88. The molecule has 1 aromatic carbocycles. The molecule has 0 spiro atoms. The van der Waals surface area contributed by atoms with Crippen molar-refractivity contribution in [3.05, 3.63) is 34.4 Å². The van der Waals surface area contributed by atoms with E-state index in [2.05, 4.69) is 10.2 Å². The Morgan fingerprint density at radius 2 is 1.52 bits per heavy atom. The van der Waals surface area contributed by atoms with Gasteiger partial charge in [0.05, 0.1) is 11.5 Å². The first-order valence-electron chi connectivity index (χ1n) is 11.5. The number of nitrogens with zero attached hydrogens (tertiary/aromatic N) is 3. The smallest absolute Gasteiger partial charge is 0.269 e. The molecule has 4 bridgehead atoms. The Kier molecular flexibility index (Phi) is 5.10. The molecule has 5 aliphatic rings. The van der Waals surface area contributed by atoms with Crippen molar-refractivity contribution in [1.82, 2.24) is 10.2 Å². The normalized spacial score (nSPS) is 31.5. The summed E-state index contributed by atoms with van der Waals surface area (Å²) in [5.74, 6) is 2.20. The number of anilines is 1. The van der Waals surface area contributed by atoms with E-state index in [1.54, 1.807) is 12.1 Å². The van der Waals surface area contributed by atoms with Crippen LogP contribution in [0.25, 0.3) is 0 Å². The average Bonchev–Trinajstić information content (AvgIpc) is 2.76. The molecular formula is C23H30N4O4. The zero-order valence-corrected chi connectivity index (χ0v) is 17.8. The van der Waals surface area contributed by atoms with E-state index in [0.29, 0.717) is 43.9 Å². The van der Waals surface area contributed by atoms with Gasteiger partial charge in [0.1, 0.15) is 0 Å². The fourth-order valence-electron chi connectivity index (χ4n) is 6.84. The maximum absolute atomic E-state index is 13.1. The minimum Gasteiger partial charge on any atom is -0.368 e. The fraction of sp³-hybridized carbons (Fsp3) is 0.652. The summed E-state index contributed by atoms with van der Waals surface area (Å²) in [6, 6.07) is 6.52. The van der Waals surface area contributed by atoms with Crippen molar-refractivity contribution in [2.75, 3.05) is 37.6 Å². The van der Waals surface area contributed by atoms with Crippen LogP contribution in [0.5, 0.6) is 0 Å². The molecular weight excluding hydrogens is 396 g/mol. The predicted octanol–water partition coefficient (Wildman–Crippen LogP) is 2.58. The van der Waals surface area contributed by atoms with Gasteiger partial charge in [-0.05, 0) is 68.4 Å². The minimum absolute atomic E-state index is 0.0265. The van der Waals surface area contributed by atoms with Crippen molar-refractivity contribution < 1.29 is 14.5 Å². The Morgan fingerprint density at radius 1 is 0.968 bits per heavy atom. The zero-order valence-electron chi connectivity index (χ0n) is 17.8. The summed E-state index contributed by atoms with van der Waals surface area (Å²) in [5, 5.41) is 13.8. The molecule has 166 valence electrons. The number of nitro benzene ring substituents is 1. The van der Waals surface area contributed by atoms with Gasteiger partial charge in [-0.25, -0.2) is 0 Å². The molecule has 2 amide bonds. The number of carbonyl (C=O) groups excluding carboxylic acids is 2. The number of rotatable bonds is 5. The van der Waals surface area contributed by atoms with Crippen LogP contribution in [0.2, 0.25) is 0 Å². The van der Waals surface area contributed by atoms with E-state index < -0.39 is 4.92 Å². The maximum Gasteiger partial charge on any atom is 0.269 e. The quantitative estimate of drug-likeness (QED) is 0.577. The molecule has 1 heterocycles. The highest BCUT2D eigenvalue weighted by Crippen LogP contribution is 2.60. The molecule has 1 saturated heterocycles. The topological polar surface area (TPSA) is 95.8 Å². The van der Waals surface area contributed by atoms with Crippen molar-refractivity contribution >= 4 is 23.2 Å². The highest BCUT2D eigenvalue weighted by Gasteiger charge is 2.54. The van der Waals surface area contributed by atoms with E-state index >= 15 is 0 Å². The Hall–Kier alpha value is -2.64. The number of hydrogen-bond donors (Lipinski definition) is 1. The fourth-order valence-corrected chi connectivity index (χ4v) is 6.84. The number of non-ortho nitro benzene ring substituents is 1. The molecule has 0 unspecified atom stereocenters. The molecule has 4 saturated carbocycles. The molecule has 6 rings (SSSR count). The van der Waals surface area contributed by atoms with Gasteiger partial charge in [0.2, 0.25) is 11.8 Å². The lowest BCUT2D eigenvalue weighted by Gasteiger charge is -2.55. The van der Waals surface area contributed by atoms with Gasteiger partial charge in [-0.3, -0.25) is 19.7 Å². The van der Waals surface area contributed by atoms with Gasteiger partial charge in [0.15, 0.2) is 0 Å². The van der Waals surface area contributed by atoms with Crippen LogP contribution in [0.3, 0.4) is 0 Å². The van der Waals surface area contributed by atoms with Crippen molar-refractivity contribution in [2.24, 2.45) is 23.2 Å². The Bertz CT molecular complexity index is 841. The van der Waals surface area contributed by atoms with E-state index in [-0.39, 0.29) is 29.5 Å². The molecule has 5 fully saturated rings. The van der Waals surface area contributed by atoms with E-state index in [1.807, 2.05) is 4.90 Å². The van der Waals surface area contributed by atoms with Crippen molar-refractivity contribution in [3.63, 3.8) is 0 Å². The molecule has 0 aromatic heterocycles. The first kappa shape index (κ1) is 20.3. The van der Waals surface area contributed by atoms with Crippen LogP contribution in [-0.4, -0.2) is 54.4 Å². The second-order valence-corrected chi connectivity index (χ2v) is 10.0. The number of nitro groups is 1. The molecule has 8 nitrogen and oxygen atoms in total. The monoisotopic (exact) mass is 426 g/mol. The summed E-state index contributed by atoms with van der Waals surface area (Å²) in [4.78, 5) is 40.1. The maximum atomic E-state index is 13.1. The molecule has 1 N–H and O–H groups in total. The number of nitrogens with one attached hydrogen (secondary N) is 1. The number of hydrogen-bond acceptors (Lipinski definition) is 5. The number of amides is 2. The van der Waals surface area contributed by atoms with E-state index in [1.165, 1.54) is 31.4 Å². The number of piperazine rings is 1. The van der Waals surface area contributed by atoms with Crippen LogP contribution < -0.4 is 10.2 Å². The zero-order chi connectivity index (χ0) is 21.6. The van der Waals surface area contributed by atoms with E-state index in [4.69, 9.17) is 0 Å².